The molecule has 0 saturated carbocycles. The Morgan fingerprint density at radius 2 is 2.00 bits per heavy atom. The third kappa shape index (κ3) is 7.19. The summed E-state index contributed by atoms with van der Waals surface area (Å²) in [4.78, 5) is 2.37. The molecule has 0 aromatic rings. The molecule has 0 amide bonds. The normalized spacial score (nSPS) is 12.7. The van der Waals surface area contributed by atoms with Crippen LogP contribution in [0.5, 0.6) is 0 Å². The summed E-state index contributed by atoms with van der Waals surface area (Å²) in [6.07, 6.45) is 4.38. The zero-order chi connectivity index (χ0) is 11.7. The van der Waals surface area contributed by atoms with Crippen LogP contribution in [-0.4, -0.2) is 35.1 Å². The lowest BCUT2D eigenvalue weighted by Gasteiger charge is -2.26. The highest BCUT2D eigenvalue weighted by Crippen LogP contribution is 2.04. The Labute approximate surface area is 93.1 Å². The van der Waals surface area contributed by atoms with Crippen molar-refractivity contribution in [3.05, 3.63) is 0 Å². The summed E-state index contributed by atoms with van der Waals surface area (Å²) in [6.45, 7) is 8.54. The van der Waals surface area contributed by atoms with E-state index in [4.69, 9.17) is 10.9 Å². The highest BCUT2D eigenvalue weighted by molar-refractivity contribution is 5.79. The van der Waals surface area contributed by atoms with Gasteiger partial charge in [-0.15, -0.1) is 0 Å². The third-order valence-corrected chi connectivity index (χ3v) is 2.56. The number of rotatable bonds is 8. The van der Waals surface area contributed by atoms with E-state index in [1.807, 2.05) is 0 Å². The van der Waals surface area contributed by atoms with Crippen molar-refractivity contribution < 1.29 is 5.21 Å². The van der Waals surface area contributed by atoms with Gasteiger partial charge in [0.05, 0.1) is 0 Å². The quantitative estimate of drug-likeness (QED) is 0.214. The molecule has 90 valence electrons. The number of unbranched alkanes of at least 4 members (excludes halogenated alkanes) is 2. The van der Waals surface area contributed by atoms with Gasteiger partial charge in [0.15, 0.2) is 0 Å². The summed E-state index contributed by atoms with van der Waals surface area (Å²) in [5, 5.41) is 11.4. The maximum absolute atomic E-state index is 8.44. The fourth-order valence-electron chi connectivity index (χ4n) is 1.50. The molecule has 3 N–H and O–H groups in total. The van der Waals surface area contributed by atoms with Gasteiger partial charge in [-0.05, 0) is 26.8 Å². The Morgan fingerprint density at radius 1 is 1.33 bits per heavy atom. The molecule has 0 saturated heterocycles. The number of oxime groups is 1. The molecule has 4 nitrogen and oxygen atoms in total. The molecule has 0 aromatic heterocycles. The summed E-state index contributed by atoms with van der Waals surface area (Å²) in [5.74, 6) is 0.316. The third-order valence-electron chi connectivity index (χ3n) is 2.56. The second kappa shape index (κ2) is 8.53. The second-order valence-corrected chi connectivity index (χ2v) is 4.18. The van der Waals surface area contributed by atoms with Crippen LogP contribution in [0.15, 0.2) is 5.16 Å². The minimum atomic E-state index is 0.316. The molecule has 4 heteroatoms. The topological polar surface area (TPSA) is 61.8 Å². The van der Waals surface area contributed by atoms with E-state index in [-0.39, 0.29) is 0 Å². The van der Waals surface area contributed by atoms with Crippen LogP contribution in [0.2, 0.25) is 0 Å². The molecule has 0 fully saturated rings. The maximum atomic E-state index is 8.44. The average Bonchev–Trinajstić information content (AvgIpc) is 2.22. The summed E-state index contributed by atoms with van der Waals surface area (Å²) < 4.78 is 0. The van der Waals surface area contributed by atoms with Crippen LogP contribution >= 0.6 is 0 Å². The minimum Gasteiger partial charge on any atom is -0.409 e. The van der Waals surface area contributed by atoms with E-state index >= 15 is 0 Å². The SMILES string of the molecule is CCCCCN(CCC(N)=NO)C(C)C. The Kier molecular flexibility index (Phi) is 8.09. The van der Waals surface area contributed by atoms with Crippen LogP contribution < -0.4 is 5.73 Å². The number of hydrogen-bond acceptors (Lipinski definition) is 3. The van der Waals surface area contributed by atoms with Gasteiger partial charge in [-0.25, -0.2) is 0 Å². The van der Waals surface area contributed by atoms with E-state index in [0.29, 0.717) is 18.3 Å². The predicted molar refractivity (Wildman–Crippen MR) is 64.3 cm³/mol. The standard InChI is InChI=1S/C11H25N3O/c1-4-5-6-8-14(10(2)3)9-7-11(12)13-15/h10,15H,4-9H2,1-3H3,(H2,12,13). The zero-order valence-electron chi connectivity index (χ0n) is 10.2. The van der Waals surface area contributed by atoms with Crippen LogP contribution in [0.25, 0.3) is 0 Å². The average molecular weight is 215 g/mol. The van der Waals surface area contributed by atoms with E-state index in [1.54, 1.807) is 0 Å². The largest absolute Gasteiger partial charge is 0.409 e. The van der Waals surface area contributed by atoms with Gasteiger partial charge >= 0.3 is 0 Å². The van der Waals surface area contributed by atoms with Gasteiger partial charge in [-0.1, -0.05) is 24.9 Å². The first-order valence-electron chi connectivity index (χ1n) is 5.82. The fraction of sp³-hybridized carbons (Fsp3) is 0.909. The number of hydrogen-bond donors (Lipinski definition) is 2. The van der Waals surface area contributed by atoms with Gasteiger partial charge in [0.2, 0.25) is 0 Å². The predicted octanol–water partition coefficient (Wildman–Crippen LogP) is 2.02. The monoisotopic (exact) mass is 215 g/mol. The van der Waals surface area contributed by atoms with Crippen molar-refractivity contribution >= 4 is 5.84 Å². The van der Waals surface area contributed by atoms with Gasteiger partial charge in [0, 0.05) is 19.0 Å². The molecule has 0 aliphatic rings. The van der Waals surface area contributed by atoms with Gasteiger partial charge in [0.25, 0.3) is 0 Å². The van der Waals surface area contributed by atoms with Crippen molar-refractivity contribution in [2.45, 2.75) is 52.5 Å². The molecule has 0 aromatic carbocycles. The van der Waals surface area contributed by atoms with Crippen molar-refractivity contribution in [3.63, 3.8) is 0 Å². The highest BCUT2D eigenvalue weighted by atomic mass is 16.4. The number of nitrogens with two attached hydrogens (primary N) is 1. The Hall–Kier alpha value is -0.770. The number of nitrogens with zero attached hydrogens (tertiary/aromatic N) is 2. The maximum Gasteiger partial charge on any atom is 0.140 e. The molecule has 0 atom stereocenters. The van der Waals surface area contributed by atoms with E-state index < -0.39 is 0 Å². The van der Waals surface area contributed by atoms with Gasteiger partial charge in [-0.2, -0.15) is 0 Å². The van der Waals surface area contributed by atoms with Crippen molar-refractivity contribution in [3.8, 4) is 0 Å². The summed E-state index contributed by atoms with van der Waals surface area (Å²) in [7, 11) is 0. The lowest BCUT2D eigenvalue weighted by atomic mass is 10.2. The smallest absolute Gasteiger partial charge is 0.140 e. The van der Waals surface area contributed by atoms with Crippen LogP contribution in [-0.2, 0) is 0 Å². The molecule has 0 heterocycles. The highest BCUT2D eigenvalue weighted by Gasteiger charge is 2.09. The van der Waals surface area contributed by atoms with Crippen molar-refractivity contribution in [1.82, 2.24) is 4.90 Å². The molecule has 0 aliphatic carbocycles. The summed E-state index contributed by atoms with van der Waals surface area (Å²) in [5.41, 5.74) is 5.45. The lowest BCUT2D eigenvalue weighted by Crippen LogP contribution is -2.34. The van der Waals surface area contributed by atoms with E-state index in [2.05, 4.69) is 30.8 Å². The summed E-state index contributed by atoms with van der Waals surface area (Å²) in [6, 6.07) is 0.522. The van der Waals surface area contributed by atoms with Crippen LogP contribution in [0, 0.1) is 0 Å². The van der Waals surface area contributed by atoms with E-state index in [1.165, 1.54) is 19.3 Å². The molecule has 0 rings (SSSR count). The van der Waals surface area contributed by atoms with E-state index in [9.17, 15) is 0 Å². The van der Waals surface area contributed by atoms with Crippen molar-refractivity contribution in [2.24, 2.45) is 10.9 Å². The lowest BCUT2D eigenvalue weighted by molar-refractivity contribution is 0.222. The fourth-order valence-corrected chi connectivity index (χ4v) is 1.50. The Balaban J connectivity index is 3.83. The molecule has 0 unspecified atom stereocenters. The van der Waals surface area contributed by atoms with Crippen molar-refractivity contribution in [1.29, 1.82) is 0 Å². The second-order valence-electron chi connectivity index (χ2n) is 4.18. The zero-order valence-corrected chi connectivity index (χ0v) is 10.2. The molecule has 0 bridgehead atoms. The molecule has 0 aliphatic heterocycles. The number of amidine groups is 1. The van der Waals surface area contributed by atoms with Gasteiger partial charge in [0.1, 0.15) is 5.84 Å². The Morgan fingerprint density at radius 3 is 2.47 bits per heavy atom. The minimum absolute atomic E-state index is 0.316. The van der Waals surface area contributed by atoms with Crippen LogP contribution in [0.4, 0.5) is 0 Å². The summed E-state index contributed by atoms with van der Waals surface area (Å²) >= 11 is 0. The molecule has 0 spiro atoms. The molecule has 0 radical (unpaired) electrons. The van der Waals surface area contributed by atoms with Crippen LogP contribution in [0.1, 0.15) is 46.5 Å². The van der Waals surface area contributed by atoms with Gasteiger partial charge in [-0.3, -0.25) is 0 Å². The first-order valence-corrected chi connectivity index (χ1v) is 5.82. The first kappa shape index (κ1) is 14.2. The molecular formula is C11H25N3O. The molecule has 15 heavy (non-hydrogen) atoms. The van der Waals surface area contributed by atoms with Crippen LogP contribution in [0.3, 0.4) is 0 Å². The van der Waals surface area contributed by atoms with Gasteiger partial charge < -0.3 is 15.8 Å². The first-order chi connectivity index (χ1) is 7.11. The molecular weight excluding hydrogens is 190 g/mol. The Bertz CT molecular complexity index is 181. The van der Waals surface area contributed by atoms with Crippen molar-refractivity contribution in [2.75, 3.05) is 13.1 Å². The van der Waals surface area contributed by atoms with E-state index in [0.717, 1.165) is 13.1 Å².